The summed E-state index contributed by atoms with van der Waals surface area (Å²) in [6, 6.07) is 4.90. The number of fused-ring (bicyclic) bond motifs is 3. The Morgan fingerprint density at radius 3 is 3.16 bits per heavy atom. The molecule has 2 N–H and O–H groups in total. The number of hydrogen-bond donors (Lipinski definition) is 2. The molecule has 4 heterocycles. The lowest BCUT2D eigenvalue weighted by atomic mass is 9.95. The Hall–Kier alpha value is -1.88. The molecule has 0 saturated carbocycles. The Bertz CT molecular complexity index is 636. The van der Waals surface area contributed by atoms with Crippen molar-refractivity contribution in [1.29, 1.82) is 0 Å². The van der Waals surface area contributed by atoms with Crippen LogP contribution in [0, 0.1) is 0 Å². The maximum absolute atomic E-state index is 12.3. The Morgan fingerprint density at radius 1 is 1.42 bits per heavy atom. The molecule has 98 valence electrons. The van der Waals surface area contributed by atoms with Crippen molar-refractivity contribution < 1.29 is 9.21 Å². The highest BCUT2D eigenvalue weighted by atomic mass is 16.3. The van der Waals surface area contributed by atoms with Crippen molar-refractivity contribution >= 4 is 16.9 Å². The van der Waals surface area contributed by atoms with Gasteiger partial charge < -0.3 is 15.1 Å². The summed E-state index contributed by atoms with van der Waals surface area (Å²) in [5.41, 5.74) is 0.946. The van der Waals surface area contributed by atoms with Crippen LogP contribution in [0.3, 0.4) is 0 Å². The molecule has 2 saturated heterocycles. The number of nitrogens with one attached hydrogen (secondary N) is 2. The Labute approximate surface area is 110 Å². The SMILES string of the molecule is O=C(N[C@@H]1CC2CCC1N2)c1n[13cH]cc2ccoc12. The zero-order chi connectivity index (χ0) is 12.8. The normalized spacial score (nSPS) is 28.9. The van der Waals surface area contributed by atoms with Crippen LogP contribution in [0.25, 0.3) is 11.0 Å². The van der Waals surface area contributed by atoms with Crippen molar-refractivity contribution in [2.45, 2.75) is 37.4 Å². The molecule has 5 heteroatoms. The van der Waals surface area contributed by atoms with Gasteiger partial charge in [-0.05, 0) is 31.4 Å². The molecular weight excluding hydrogens is 243 g/mol. The quantitative estimate of drug-likeness (QED) is 0.855. The van der Waals surface area contributed by atoms with Gasteiger partial charge in [0.25, 0.3) is 5.91 Å². The van der Waals surface area contributed by atoms with Crippen molar-refractivity contribution in [2.75, 3.05) is 0 Å². The highest BCUT2D eigenvalue weighted by Crippen LogP contribution is 2.28. The lowest BCUT2D eigenvalue weighted by molar-refractivity contribution is 0.0926. The van der Waals surface area contributed by atoms with Crippen LogP contribution in [0.1, 0.15) is 29.8 Å². The predicted molar refractivity (Wildman–Crippen MR) is 69.8 cm³/mol. The van der Waals surface area contributed by atoms with E-state index in [0.29, 0.717) is 23.4 Å². The molecule has 5 nitrogen and oxygen atoms in total. The van der Waals surface area contributed by atoms with E-state index in [1.807, 2.05) is 12.1 Å². The van der Waals surface area contributed by atoms with Gasteiger partial charge in [0.05, 0.1) is 6.26 Å². The van der Waals surface area contributed by atoms with E-state index >= 15 is 0 Å². The lowest BCUT2D eigenvalue weighted by Gasteiger charge is -2.21. The van der Waals surface area contributed by atoms with E-state index in [1.165, 1.54) is 6.42 Å². The minimum Gasteiger partial charge on any atom is -0.462 e. The Morgan fingerprint density at radius 2 is 2.37 bits per heavy atom. The first kappa shape index (κ1) is 11.0. The molecule has 4 rings (SSSR count). The number of hydrogen-bond acceptors (Lipinski definition) is 4. The number of amides is 1. The van der Waals surface area contributed by atoms with Crippen molar-refractivity contribution in [3.05, 3.63) is 30.3 Å². The smallest absolute Gasteiger partial charge is 0.274 e. The summed E-state index contributed by atoms with van der Waals surface area (Å²) < 4.78 is 5.36. The third kappa shape index (κ3) is 1.73. The van der Waals surface area contributed by atoms with Crippen LogP contribution in [0.4, 0.5) is 0 Å². The summed E-state index contributed by atoms with van der Waals surface area (Å²) in [6.07, 6.45) is 6.62. The second-order valence-corrected chi connectivity index (χ2v) is 5.36. The minimum atomic E-state index is -0.139. The number of rotatable bonds is 2. The molecule has 2 aliphatic heterocycles. The molecule has 0 aliphatic carbocycles. The third-order valence-corrected chi connectivity index (χ3v) is 4.20. The lowest BCUT2D eigenvalue weighted by Crippen LogP contribution is -2.43. The zero-order valence-electron chi connectivity index (χ0n) is 10.4. The second-order valence-electron chi connectivity index (χ2n) is 5.36. The maximum Gasteiger partial charge on any atom is 0.274 e. The molecule has 3 atom stereocenters. The topological polar surface area (TPSA) is 67.2 Å². The van der Waals surface area contributed by atoms with Gasteiger partial charge in [-0.15, -0.1) is 0 Å². The zero-order valence-corrected chi connectivity index (χ0v) is 10.4. The van der Waals surface area contributed by atoms with Crippen LogP contribution in [0.5, 0.6) is 0 Å². The fraction of sp³-hybridized carbons (Fsp3) is 0.429. The summed E-state index contributed by atoms with van der Waals surface area (Å²) in [6.45, 7) is 0. The third-order valence-electron chi connectivity index (χ3n) is 4.20. The maximum atomic E-state index is 12.3. The molecular formula is C14H15N3O2. The van der Waals surface area contributed by atoms with Crippen LogP contribution < -0.4 is 10.6 Å². The van der Waals surface area contributed by atoms with Gasteiger partial charge in [0.15, 0.2) is 11.3 Å². The predicted octanol–water partition coefficient (Wildman–Crippen LogP) is 1.45. The summed E-state index contributed by atoms with van der Waals surface area (Å²) in [7, 11) is 0. The van der Waals surface area contributed by atoms with Crippen molar-refractivity contribution in [1.82, 2.24) is 15.6 Å². The molecule has 2 bridgehead atoms. The fourth-order valence-electron chi connectivity index (χ4n) is 3.28. The van der Waals surface area contributed by atoms with Crippen molar-refractivity contribution in [3.63, 3.8) is 0 Å². The minimum absolute atomic E-state index is 0.139. The molecule has 2 unspecified atom stereocenters. The summed E-state index contributed by atoms with van der Waals surface area (Å²) >= 11 is 0. The molecule has 0 spiro atoms. The summed E-state index contributed by atoms with van der Waals surface area (Å²) in [5.74, 6) is -0.139. The number of aromatic nitrogens is 1. The van der Waals surface area contributed by atoms with Crippen LogP contribution in [-0.4, -0.2) is 29.0 Å². The van der Waals surface area contributed by atoms with E-state index < -0.39 is 0 Å². The second kappa shape index (κ2) is 4.06. The van der Waals surface area contributed by atoms with Gasteiger partial charge in [0, 0.05) is 29.7 Å². The van der Waals surface area contributed by atoms with Gasteiger partial charge in [-0.1, -0.05) is 0 Å². The molecule has 2 fully saturated rings. The average Bonchev–Trinajstić information content (AvgIpc) is 3.13. The number of nitrogens with zero attached hydrogens (tertiary/aromatic N) is 1. The van der Waals surface area contributed by atoms with Crippen molar-refractivity contribution in [3.8, 4) is 0 Å². The first-order valence-corrected chi connectivity index (χ1v) is 6.70. The molecule has 2 aliphatic rings. The van der Waals surface area contributed by atoms with E-state index in [9.17, 15) is 4.79 Å². The molecule has 0 radical (unpaired) electrons. The van der Waals surface area contributed by atoms with E-state index in [-0.39, 0.29) is 11.9 Å². The standard InChI is InChI=1S/C14H15N3O2/c18-14(17-11-7-9-1-2-10(11)16-9)12-13-8(3-5-15-12)4-6-19-13/h3-6,9-11,16H,1-2,7H2,(H,17,18)/t9?,10?,11-/m1/s1/i5+1. The molecule has 2 aromatic heterocycles. The molecule has 2 aromatic rings. The van der Waals surface area contributed by atoms with Gasteiger partial charge in [-0.25, -0.2) is 4.98 Å². The van der Waals surface area contributed by atoms with Crippen LogP contribution in [0.2, 0.25) is 0 Å². The van der Waals surface area contributed by atoms with E-state index in [2.05, 4.69) is 15.6 Å². The van der Waals surface area contributed by atoms with Crippen LogP contribution >= 0.6 is 0 Å². The fourth-order valence-corrected chi connectivity index (χ4v) is 3.28. The van der Waals surface area contributed by atoms with Gasteiger partial charge in [-0.3, -0.25) is 4.79 Å². The van der Waals surface area contributed by atoms with Gasteiger partial charge in [-0.2, -0.15) is 0 Å². The number of furan rings is 1. The van der Waals surface area contributed by atoms with E-state index in [0.717, 1.165) is 18.2 Å². The molecule has 19 heavy (non-hydrogen) atoms. The van der Waals surface area contributed by atoms with Gasteiger partial charge in [0.1, 0.15) is 0 Å². The highest BCUT2D eigenvalue weighted by molar-refractivity contribution is 6.03. The van der Waals surface area contributed by atoms with Gasteiger partial charge in [0.2, 0.25) is 0 Å². The summed E-state index contributed by atoms with van der Waals surface area (Å²) in [5, 5.41) is 7.50. The largest absolute Gasteiger partial charge is 0.462 e. The first-order chi connectivity index (χ1) is 9.31. The highest BCUT2D eigenvalue weighted by Gasteiger charge is 2.40. The van der Waals surface area contributed by atoms with Crippen LogP contribution in [0.15, 0.2) is 29.0 Å². The van der Waals surface area contributed by atoms with E-state index in [1.54, 1.807) is 12.5 Å². The van der Waals surface area contributed by atoms with Crippen molar-refractivity contribution in [2.24, 2.45) is 0 Å². The summed E-state index contributed by atoms with van der Waals surface area (Å²) in [4.78, 5) is 16.5. The monoisotopic (exact) mass is 258 g/mol. The van der Waals surface area contributed by atoms with E-state index in [4.69, 9.17) is 4.42 Å². The Kier molecular flexibility index (Phi) is 2.35. The Balaban J connectivity index is 1.59. The average molecular weight is 258 g/mol. The number of carbonyl (C=O) groups excluding carboxylic acids is 1. The first-order valence-electron chi connectivity index (χ1n) is 6.70. The molecule has 1 amide bonds. The number of carbonyl (C=O) groups is 1. The van der Waals surface area contributed by atoms with Crippen LogP contribution in [-0.2, 0) is 0 Å². The molecule has 0 aromatic carbocycles. The van der Waals surface area contributed by atoms with Gasteiger partial charge >= 0.3 is 0 Å². The number of pyridine rings is 1.